The highest BCUT2D eigenvalue weighted by atomic mass is 15.1. The first-order valence-corrected chi connectivity index (χ1v) is 7.15. The number of aryl methyl sites for hydroxylation is 1. The third kappa shape index (κ3) is 3.67. The maximum atomic E-state index is 5.83. The number of nitrogens with two attached hydrogens (primary N) is 1. The topological polar surface area (TPSA) is 45.4 Å². The Balaban J connectivity index is 2.03. The van der Waals surface area contributed by atoms with Crippen LogP contribution in [0.2, 0.25) is 0 Å². The lowest BCUT2D eigenvalue weighted by molar-refractivity contribution is 0.285. The second-order valence-electron chi connectivity index (χ2n) is 5.85. The summed E-state index contributed by atoms with van der Waals surface area (Å²) in [7, 11) is 4.32. The fourth-order valence-corrected chi connectivity index (χ4v) is 2.90. The van der Waals surface area contributed by atoms with E-state index in [0.29, 0.717) is 6.54 Å². The number of aromatic nitrogens is 1. The van der Waals surface area contributed by atoms with Gasteiger partial charge in [-0.25, -0.2) is 0 Å². The van der Waals surface area contributed by atoms with Crippen molar-refractivity contribution in [2.45, 2.75) is 26.3 Å². The molecule has 0 atom stereocenters. The van der Waals surface area contributed by atoms with E-state index in [1.807, 2.05) is 13.1 Å². The molecule has 4 heteroatoms. The number of hydrogen-bond acceptors (Lipinski definition) is 4. The molecular weight excluding hydrogens is 236 g/mol. The molecule has 0 unspecified atom stereocenters. The van der Waals surface area contributed by atoms with E-state index in [2.05, 4.69) is 34.9 Å². The Morgan fingerprint density at radius 2 is 2.05 bits per heavy atom. The Hall–Kier alpha value is -1.13. The molecule has 0 aromatic carbocycles. The average molecular weight is 262 g/mol. The van der Waals surface area contributed by atoms with Crippen LogP contribution in [0.3, 0.4) is 0 Å². The normalized spacial score (nSPS) is 17.2. The van der Waals surface area contributed by atoms with E-state index in [-0.39, 0.29) is 0 Å². The molecule has 1 aromatic rings. The fourth-order valence-electron chi connectivity index (χ4n) is 2.90. The van der Waals surface area contributed by atoms with Gasteiger partial charge in [0.15, 0.2) is 0 Å². The predicted molar refractivity (Wildman–Crippen MR) is 80.4 cm³/mol. The first-order chi connectivity index (χ1) is 9.10. The highest BCUT2D eigenvalue weighted by Crippen LogP contribution is 2.26. The van der Waals surface area contributed by atoms with Gasteiger partial charge in [-0.1, -0.05) is 0 Å². The first-order valence-electron chi connectivity index (χ1n) is 7.15. The number of piperidine rings is 1. The van der Waals surface area contributed by atoms with Crippen LogP contribution >= 0.6 is 0 Å². The van der Waals surface area contributed by atoms with Crippen LogP contribution in [0.5, 0.6) is 0 Å². The Morgan fingerprint density at radius 3 is 2.63 bits per heavy atom. The summed E-state index contributed by atoms with van der Waals surface area (Å²) >= 11 is 0. The van der Waals surface area contributed by atoms with Crippen LogP contribution in [0.4, 0.5) is 5.69 Å². The number of hydrogen-bond donors (Lipinski definition) is 1. The summed E-state index contributed by atoms with van der Waals surface area (Å²) in [5, 5.41) is 0. The average Bonchev–Trinajstić information content (AvgIpc) is 2.39. The maximum Gasteiger partial charge on any atom is 0.0445 e. The highest BCUT2D eigenvalue weighted by Gasteiger charge is 2.21. The largest absolute Gasteiger partial charge is 0.371 e. The minimum Gasteiger partial charge on any atom is -0.371 e. The van der Waals surface area contributed by atoms with Crippen molar-refractivity contribution in [2.75, 3.05) is 38.6 Å². The SMILES string of the molecule is Cc1cc(N2CCC(CN(C)C)CC2)c(CN)cn1. The van der Waals surface area contributed by atoms with Gasteiger partial charge in [0.2, 0.25) is 0 Å². The summed E-state index contributed by atoms with van der Waals surface area (Å²) in [4.78, 5) is 9.12. The summed E-state index contributed by atoms with van der Waals surface area (Å²) in [6.45, 7) is 6.08. The van der Waals surface area contributed by atoms with Gasteiger partial charge in [-0.3, -0.25) is 4.98 Å². The molecule has 2 N–H and O–H groups in total. The molecule has 1 saturated heterocycles. The van der Waals surface area contributed by atoms with Gasteiger partial charge < -0.3 is 15.5 Å². The predicted octanol–water partition coefficient (Wildman–Crippen LogP) is 1.63. The van der Waals surface area contributed by atoms with Crippen molar-refractivity contribution >= 4 is 5.69 Å². The van der Waals surface area contributed by atoms with Crippen molar-refractivity contribution in [1.82, 2.24) is 9.88 Å². The molecule has 0 bridgehead atoms. The van der Waals surface area contributed by atoms with Gasteiger partial charge in [0.25, 0.3) is 0 Å². The molecule has 0 spiro atoms. The fraction of sp³-hybridized carbons (Fsp3) is 0.667. The lowest BCUT2D eigenvalue weighted by Crippen LogP contribution is -2.37. The number of rotatable bonds is 4. The molecule has 0 radical (unpaired) electrons. The van der Waals surface area contributed by atoms with Gasteiger partial charge in [-0.15, -0.1) is 0 Å². The molecule has 1 aliphatic rings. The molecule has 0 aliphatic carbocycles. The van der Waals surface area contributed by atoms with E-state index in [1.165, 1.54) is 25.1 Å². The Morgan fingerprint density at radius 1 is 1.37 bits per heavy atom. The van der Waals surface area contributed by atoms with Crippen molar-refractivity contribution in [3.05, 3.63) is 23.5 Å². The lowest BCUT2D eigenvalue weighted by Gasteiger charge is -2.35. The molecule has 2 rings (SSSR count). The van der Waals surface area contributed by atoms with Crippen molar-refractivity contribution in [1.29, 1.82) is 0 Å². The molecule has 1 aromatic heterocycles. The molecule has 1 fully saturated rings. The Bertz CT molecular complexity index is 409. The van der Waals surface area contributed by atoms with Crippen LogP contribution in [0.1, 0.15) is 24.1 Å². The van der Waals surface area contributed by atoms with Crippen molar-refractivity contribution in [3.8, 4) is 0 Å². The first kappa shape index (κ1) is 14.3. The Labute approximate surface area is 116 Å². The lowest BCUT2D eigenvalue weighted by atomic mass is 9.95. The number of nitrogens with zero attached hydrogens (tertiary/aromatic N) is 3. The molecule has 19 heavy (non-hydrogen) atoms. The maximum absolute atomic E-state index is 5.83. The molecular formula is C15H26N4. The van der Waals surface area contributed by atoms with Crippen LogP contribution in [0, 0.1) is 12.8 Å². The second-order valence-corrected chi connectivity index (χ2v) is 5.85. The molecule has 1 aliphatic heterocycles. The van der Waals surface area contributed by atoms with E-state index < -0.39 is 0 Å². The van der Waals surface area contributed by atoms with Gasteiger partial charge in [-0.05, 0) is 45.8 Å². The van der Waals surface area contributed by atoms with Gasteiger partial charge in [0.1, 0.15) is 0 Å². The molecule has 106 valence electrons. The van der Waals surface area contributed by atoms with Crippen molar-refractivity contribution < 1.29 is 0 Å². The van der Waals surface area contributed by atoms with E-state index in [1.54, 1.807) is 0 Å². The minimum atomic E-state index is 0.570. The third-order valence-electron chi connectivity index (χ3n) is 3.90. The standard InChI is InChI=1S/C15H26N4/c1-12-8-15(14(9-16)10-17-12)19-6-4-13(5-7-19)11-18(2)3/h8,10,13H,4-7,9,11,16H2,1-3H3. The zero-order valence-electron chi connectivity index (χ0n) is 12.4. The van der Waals surface area contributed by atoms with Crippen LogP contribution in [-0.2, 0) is 6.54 Å². The van der Waals surface area contributed by atoms with Crippen molar-refractivity contribution in [3.63, 3.8) is 0 Å². The zero-order valence-corrected chi connectivity index (χ0v) is 12.4. The van der Waals surface area contributed by atoms with E-state index in [9.17, 15) is 0 Å². The molecule has 4 nitrogen and oxygen atoms in total. The summed E-state index contributed by atoms with van der Waals surface area (Å²) in [5.41, 5.74) is 9.35. The quantitative estimate of drug-likeness (QED) is 0.896. The number of anilines is 1. The Kier molecular flexibility index (Phi) is 4.77. The molecule has 2 heterocycles. The van der Waals surface area contributed by atoms with Crippen LogP contribution in [0.25, 0.3) is 0 Å². The molecule has 0 saturated carbocycles. The zero-order chi connectivity index (χ0) is 13.8. The van der Waals surface area contributed by atoms with Gasteiger partial charge >= 0.3 is 0 Å². The van der Waals surface area contributed by atoms with E-state index in [0.717, 1.165) is 30.3 Å². The second kappa shape index (κ2) is 6.35. The summed E-state index contributed by atoms with van der Waals surface area (Å²) in [5.74, 6) is 0.829. The minimum absolute atomic E-state index is 0.570. The van der Waals surface area contributed by atoms with Gasteiger partial charge in [0, 0.05) is 49.3 Å². The van der Waals surface area contributed by atoms with Crippen LogP contribution in [-0.4, -0.2) is 43.6 Å². The summed E-state index contributed by atoms with van der Waals surface area (Å²) in [6, 6.07) is 2.18. The number of pyridine rings is 1. The third-order valence-corrected chi connectivity index (χ3v) is 3.90. The highest BCUT2D eigenvalue weighted by molar-refractivity contribution is 5.53. The summed E-state index contributed by atoms with van der Waals surface area (Å²) in [6.07, 6.45) is 4.46. The van der Waals surface area contributed by atoms with E-state index in [4.69, 9.17) is 5.73 Å². The van der Waals surface area contributed by atoms with Crippen molar-refractivity contribution in [2.24, 2.45) is 11.7 Å². The molecule has 0 amide bonds. The smallest absolute Gasteiger partial charge is 0.0445 e. The van der Waals surface area contributed by atoms with Gasteiger partial charge in [-0.2, -0.15) is 0 Å². The summed E-state index contributed by atoms with van der Waals surface area (Å²) < 4.78 is 0. The monoisotopic (exact) mass is 262 g/mol. The van der Waals surface area contributed by atoms with Crippen LogP contribution < -0.4 is 10.6 Å². The van der Waals surface area contributed by atoms with E-state index >= 15 is 0 Å². The van der Waals surface area contributed by atoms with Gasteiger partial charge in [0.05, 0.1) is 0 Å². The van der Waals surface area contributed by atoms with Crippen LogP contribution in [0.15, 0.2) is 12.3 Å².